The first-order valence-electron chi connectivity index (χ1n) is 14.4. The van der Waals surface area contributed by atoms with Gasteiger partial charge in [-0.25, -0.2) is 13.3 Å². The number of para-hydroxylation sites is 1. The van der Waals surface area contributed by atoms with Crippen molar-refractivity contribution in [1.29, 1.82) is 0 Å². The molecule has 0 aromatic heterocycles. The molecule has 12 heteroatoms. The van der Waals surface area contributed by atoms with Gasteiger partial charge in [0.2, 0.25) is 20.9 Å². The van der Waals surface area contributed by atoms with Crippen molar-refractivity contribution in [2.75, 3.05) is 24.6 Å². The Hall–Kier alpha value is -3.81. The van der Waals surface area contributed by atoms with Crippen LogP contribution in [0.4, 0.5) is 0 Å². The number of thioether (sulfide) groups is 2. The Bertz CT molecular complexity index is 1760. The maximum absolute atomic E-state index is 14.3. The summed E-state index contributed by atoms with van der Waals surface area (Å²) in [4.78, 5) is 26.8. The molecule has 2 aliphatic rings. The lowest BCUT2D eigenvalue weighted by Gasteiger charge is -2.43. The van der Waals surface area contributed by atoms with Crippen LogP contribution < -0.4 is 15.8 Å². The molecule has 0 radical (unpaired) electrons. The Morgan fingerprint density at radius 2 is 1.44 bits per heavy atom. The normalized spacial score (nSPS) is 20.6. The third-order valence-electron chi connectivity index (χ3n) is 7.66. The third kappa shape index (κ3) is 6.34. The molecular weight excluding hydrogens is 629 g/mol. The highest BCUT2D eigenvalue weighted by Crippen LogP contribution is 2.47. The number of benzene rings is 4. The van der Waals surface area contributed by atoms with Crippen molar-refractivity contribution in [2.24, 2.45) is 5.73 Å². The summed E-state index contributed by atoms with van der Waals surface area (Å²) in [6.45, 7) is 0.566. The average molecular weight is 661 g/mol. The molecule has 2 amide bonds. The van der Waals surface area contributed by atoms with E-state index in [0.29, 0.717) is 29.5 Å². The summed E-state index contributed by atoms with van der Waals surface area (Å²) in [6, 6.07) is 33.0. The maximum atomic E-state index is 14.3. The fraction of sp³-hybridized carbons (Fsp3) is 0.212. The number of nitrogens with zero attached hydrogens (tertiary/aromatic N) is 2. The molecule has 0 saturated carbocycles. The molecule has 2 saturated heterocycles. The van der Waals surface area contributed by atoms with E-state index in [1.165, 1.54) is 27.8 Å². The minimum atomic E-state index is -4.16. The van der Waals surface area contributed by atoms with E-state index in [-0.39, 0.29) is 18.0 Å². The van der Waals surface area contributed by atoms with Crippen LogP contribution in [0.1, 0.15) is 5.56 Å². The van der Waals surface area contributed by atoms with E-state index < -0.39 is 32.2 Å². The van der Waals surface area contributed by atoms with Gasteiger partial charge in [-0.05, 0) is 53.1 Å². The molecule has 4 aromatic rings. The summed E-state index contributed by atoms with van der Waals surface area (Å²) in [5, 5.41) is 2.11. The van der Waals surface area contributed by atoms with Crippen molar-refractivity contribution >= 4 is 45.4 Å². The van der Waals surface area contributed by atoms with E-state index in [0.717, 1.165) is 16.7 Å². The van der Waals surface area contributed by atoms with E-state index in [1.54, 1.807) is 29.2 Å². The molecule has 9 nitrogen and oxygen atoms in total. The number of hydrogen-bond donors (Lipinski definition) is 2. The highest BCUT2D eigenvalue weighted by molar-refractivity contribution is 8.03. The van der Waals surface area contributed by atoms with Crippen LogP contribution in [0.5, 0.6) is 11.5 Å². The molecule has 6 rings (SSSR count). The molecule has 0 spiro atoms. The molecule has 0 aliphatic carbocycles. The number of sulfonamides is 1. The summed E-state index contributed by atoms with van der Waals surface area (Å²) >= 11 is 2.51. The zero-order chi connectivity index (χ0) is 31.4. The molecule has 232 valence electrons. The number of carbonyl (C=O) groups is 2. The molecule has 4 aromatic carbocycles. The molecule has 0 bridgehead atoms. The van der Waals surface area contributed by atoms with Gasteiger partial charge in [-0.1, -0.05) is 72.8 Å². The van der Waals surface area contributed by atoms with Crippen LogP contribution >= 0.6 is 23.5 Å². The summed E-state index contributed by atoms with van der Waals surface area (Å²) in [7, 11) is -4.16. The summed E-state index contributed by atoms with van der Waals surface area (Å²) in [5.41, 5.74) is 8.40. The van der Waals surface area contributed by atoms with Crippen LogP contribution in [0, 0.1) is 0 Å². The standard InChI is InChI=1S/C33H32N4O5S3/c34-30(38)31-36(19-21-43-31)33(32(39)35-23-24-11-15-28(16-12-24)42-27-9-5-2-6-10-27)37(20-22-44-33)45(40,41)29-17-13-26(14-18-29)25-7-3-1-4-8-25/h1-18,31H,19-23H2,(H2,34,38)(H,35,39). The minimum Gasteiger partial charge on any atom is -0.457 e. The average Bonchev–Trinajstić information content (AvgIpc) is 3.75. The quantitative estimate of drug-likeness (QED) is 0.251. The molecule has 2 heterocycles. The van der Waals surface area contributed by atoms with Gasteiger partial charge >= 0.3 is 0 Å². The molecule has 2 aliphatic heterocycles. The predicted molar refractivity (Wildman–Crippen MR) is 178 cm³/mol. The number of rotatable bonds is 10. The van der Waals surface area contributed by atoms with Crippen LogP contribution in [0.2, 0.25) is 0 Å². The Labute approximate surface area is 271 Å². The highest BCUT2D eigenvalue weighted by Gasteiger charge is 2.61. The number of hydrogen-bond acceptors (Lipinski definition) is 8. The van der Waals surface area contributed by atoms with Crippen LogP contribution in [0.25, 0.3) is 11.1 Å². The van der Waals surface area contributed by atoms with Gasteiger partial charge < -0.3 is 15.8 Å². The minimum absolute atomic E-state index is 0.0679. The van der Waals surface area contributed by atoms with Gasteiger partial charge in [0.05, 0.1) is 4.90 Å². The van der Waals surface area contributed by atoms with Crippen LogP contribution in [-0.2, 0) is 26.2 Å². The van der Waals surface area contributed by atoms with Crippen LogP contribution in [0.3, 0.4) is 0 Å². The molecule has 2 atom stereocenters. The van der Waals surface area contributed by atoms with Crippen molar-refractivity contribution in [3.05, 3.63) is 115 Å². The first-order chi connectivity index (χ1) is 21.8. The summed E-state index contributed by atoms with van der Waals surface area (Å²) in [5.74, 6) is 1.12. The van der Waals surface area contributed by atoms with Crippen molar-refractivity contribution in [1.82, 2.24) is 14.5 Å². The summed E-state index contributed by atoms with van der Waals surface area (Å²) in [6.07, 6.45) is 0. The van der Waals surface area contributed by atoms with E-state index in [1.807, 2.05) is 84.9 Å². The van der Waals surface area contributed by atoms with Crippen molar-refractivity contribution in [3.8, 4) is 22.6 Å². The molecule has 45 heavy (non-hydrogen) atoms. The fourth-order valence-electron chi connectivity index (χ4n) is 5.50. The van der Waals surface area contributed by atoms with E-state index in [2.05, 4.69) is 5.32 Å². The smallest absolute Gasteiger partial charge is 0.267 e. The largest absolute Gasteiger partial charge is 0.457 e. The second kappa shape index (κ2) is 13.3. The number of ether oxygens (including phenoxy) is 1. The van der Waals surface area contributed by atoms with Gasteiger partial charge in [0.1, 0.15) is 16.9 Å². The maximum Gasteiger partial charge on any atom is 0.267 e. The zero-order valence-corrected chi connectivity index (χ0v) is 26.7. The predicted octanol–water partition coefficient (Wildman–Crippen LogP) is 4.71. The van der Waals surface area contributed by atoms with E-state index >= 15 is 0 Å². The van der Waals surface area contributed by atoms with Crippen molar-refractivity contribution in [3.63, 3.8) is 0 Å². The van der Waals surface area contributed by atoms with E-state index in [9.17, 15) is 18.0 Å². The Balaban J connectivity index is 1.27. The lowest BCUT2D eigenvalue weighted by Crippen LogP contribution is -2.67. The first-order valence-corrected chi connectivity index (χ1v) is 17.9. The van der Waals surface area contributed by atoms with Gasteiger partial charge in [-0.15, -0.1) is 23.5 Å². The van der Waals surface area contributed by atoms with E-state index in [4.69, 9.17) is 10.5 Å². The van der Waals surface area contributed by atoms with Gasteiger partial charge in [0.15, 0.2) is 0 Å². The molecule has 3 N–H and O–H groups in total. The number of carbonyl (C=O) groups excluding carboxylic acids is 2. The Kier molecular flexibility index (Phi) is 9.20. The van der Waals surface area contributed by atoms with Crippen molar-refractivity contribution < 1.29 is 22.7 Å². The topological polar surface area (TPSA) is 122 Å². The second-order valence-corrected chi connectivity index (χ2v) is 14.8. The Morgan fingerprint density at radius 1 is 0.822 bits per heavy atom. The number of nitrogens with one attached hydrogen (secondary N) is 1. The highest BCUT2D eigenvalue weighted by atomic mass is 32.2. The lowest BCUT2D eigenvalue weighted by molar-refractivity contribution is -0.135. The second-order valence-electron chi connectivity index (χ2n) is 10.5. The SMILES string of the molecule is NC(=O)C1SCCN1C1(C(=O)NCc2ccc(Oc3ccccc3)cc2)SCCN1S(=O)(=O)c1ccc(-c2ccccc2)cc1. The number of primary amides is 1. The van der Waals surface area contributed by atoms with Crippen LogP contribution in [0.15, 0.2) is 114 Å². The fourth-order valence-corrected chi connectivity index (χ4v) is 10.2. The third-order valence-corrected chi connectivity index (χ3v) is 12.3. The molecule has 2 fully saturated rings. The number of amides is 2. The van der Waals surface area contributed by atoms with Gasteiger partial charge in [-0.2, -0.15) is 4.31 Å². The molecule has 2 unspecified atom stereocenters. The van der Waals surface area contributed by atoms with Crippen LogP contribution in [-0.4, -0.2) is 64.4 Å². The first kappa shape index (κ1) is 31.2. The molecular formula is C33H32N4O5S3. The lowest BCUT2D eigenvalue weighted by atomic mass is 10.1. The zero-order valence-electron chi connectivity index (χ0n) is 24.2. The van der Waals surface area contributed by atoms with Crippen molar-refractivity contribution in [2.45, 2.75) is 21.8 Å². The number of nitrogens with two attached hydrogens (primary N) is 1. The Morgan fingerprint density at radius 3 is 2.11 bits per heavy atom. The monoisotopic (exact) mass is 660 g/mol. The van der Waals surface area contributed by atoms with Gasteiger partial charge in [0, 0.05) is 31.1 Å². The van der Waals surface area contributed by atoms with Gasteiger partial charge in [0.25, 0.3) is 5.91 Å². The van der Waals surface area contributed by atoms with Gasteiger partial charge in [-0.3, -0.25) is 9.59 Å². The summed E-state index contributed by atoms with van der Waals surface area (Å²) < 4.78 is 35.6.